The molecule has 0 aromatic carbocycles. The van der Waals surface area contributed by atoms with E-state index in [0.717, 1.165) is 21.3 Å². The van der Waals surface area contributed by atoms with Crippen LogP contribution in [0.25, 0.3) is 0 Å². The highest BCUT2D eigenvalue weighted by molar-refractivity contribution is 7.47. The summed E-state index contributed by atoms with van der Waals surface area (Å²) >= 11 is 0. The van der Waals surface area contributed by atoms with Gasteiger partial charge < -0.3 is 153 Å². The molecule has 3 aliphatic carbocycles. The largest absolute Gasteiger partial charge is 0.470 e. The van der Waals surface area contributed by atoms with Crippen LogP contribution >= 0.6 is 46.9 Å². The second-order valence-corrected chi connectivity index (χ2v) is 28.6. The SMILES string of the molecule is COCCOCCO[C@@H]1[C@@H](OC)[C@H](OCCOCCOC)[C@@H](OP(=O)(O)O)[C@@H](OCCN(CCOC2[C@@H](OC)[C@H](OP(=O)(O)O)[C@@H](OP(=O)(O)O)[C@H](OP(=O)(O)O)[C@H]2OC)CCO[C@H]2[C@@H](OC)[C@H](OCCOCCOC)[C@@H](OP(=O)(O)O)[C@H](OCCOCCOC)[C@H]2OC)[C@H]1OP(=O)(O)O. The second kappa shape index (κ2) is 47.7. The summed E-state index contributed by atoms with van der Waals surface area (Å²) in [5, 5.41) is 0. The van der Waals surface area contributed by atoms with E-state index in [4.69, 9.17) is 122 Å². The van der Waals surface area contributed by atoms with Crippen molar-refractivity contribution in [2.75, 3.05) is 209 Å². The minimum absolute atomic E-state index is 0.0776. The minimum Gasteiger partial charge on any atom is -0.382 e. The Morgan fingerprint density at radius 3 is 0.550 bits per heavy atom. The predicted octanol–water partition coefficient (Wildman–Crippen LogP) is -3.38. The normalized spacial score (nSPS) is 29.1. The summed E-state index contributed by atoms with van der Waals surface area (Å²) in [4.78, 5) is 124. The van der Waals surface area contributed by atoms with Crippen molar-refractivity contribution >= 4 is 46.9 Å². The van der Waals surface area contributed by atoms with Gasteiger partial charge in [-0.1, -0.05) is 0 Å². The van der Waals surface area contributed by atoms with Gasteiger partial charge in [0.1, 0.15) is 110 Å². The lowest BCUT2D eigenvalue weighted by molar-refractivity contribution is -0.265. The molecule has 12 N–H and O–H groups in total. The molecule has 596 valence electrons. The lowest BCUT2D eigenvalue weighted by Crippen LogP contribution is -2.67. The van der Waals surface area contributed by atoms with Crippen molar-refractivity contribution < 1.29 is 208 Å². The molecule has 0 heterocycles. The van der Waals surface area contributed by atoms with Crippen molar-refractivity contribution in [2.45, 2.75) is 110 Å². The number of hydrogen-bond acceptors (Lipinski definition) is 33. The molecular formula is C49H101NO44P6. The molecule has 3 saturated carbocycles. The van der Waals surface area contributed by atoms with Crippen LogP contribution in [0, 0.1) is 0 Å². The highest BCUT2D eigenvalue weighted by Crippen LogP contribution is 2.53. The maximum absolute atomic E-state index is 13.0. The first-order chi connectivity index (χ1) is 47.1. The Hall–Kier alpha value is -0.180. The van der Waals surface area contributed by atoms with Gasteiger partial charge in [0, 0.05) is 83.6 Å². The van der Waals surface area contributed by atoms with Gasteiger partial charge >= 0.3 is 46.9 Å². The zero-order valence-electron chi connectivity index (χ0n) is 56.5. The molecule has 1 unspecified atom stereocenters. The summed E-state index contributed by atoms with van der Waals surface area (Å²) in [6.07, 6.45) is -32.5. The van der Waals surface area contributed by atoms with Gasteiger partial charge in [-0.25, -0.2) is 27.4 Å². The van der Waals surface area contributed by atoms with Gasteiger partial charge in [-0.05, 0) is 0 Å². The average Bonchev–Trinajstić information content (AvgIpc) is 0.777. The fourth-order valence-corrected chi connectivity index (χ4v) is 14.3. The summed E-state index contributed by atoms with van der Waals surface area (Å²) in [5.41, 5.74) is 0. The first-order valence-electron chi connectivity index (χ1n) is 30.4. The molecule has 45 nitrogen and oxygen atoms in total. The van der Waals surface area contributed by atoms with Crippen LogP contribution in [0.2, 0.25) is 0 Å². The van der Waals surface area contributed by atoms with E-state index < -0.39 is 190 Å². The molecule has 3 fully saturated rings. The van der Waals surface area contributed by atoms with E-state index in [0.29, 0.717) is 0 Å². The van der Waals surface area contributed by atoms with Gasteiger partial charge in [0.15, 0.2) is 0 Å². The molecule has 3 aliphatic rings. The molecule has 0 aromatic rings. The molecule has 0 aliphatic heterocycles. The van der Waals surface area contributed by atoms with Crippen LogP contribution in [0.3, 0.4) is 0 Å². The Morgan fingerprint density at radius 2 is 0.360 bits per heavy atom. The standard InChI is InChI=1S/C49H101NO44P6/c1-69-16-20-78-24-28-85-39-32(73-5)37(33(74-6)40(46(39)91-97(57,58)59)86-29-25-79-21-17-70-2)82-13-10-50(11-14-83-38-35(76-8)44(89-95(51,52)53)49(94-100(66,67)68)45(36(38)77-9)90-96(54,55)56)12-15-84-43-47(92-98(60,61)62)41(87-30-26-80-22-18-71-3)34(75-7)42(48(43)93-99(63,64)65)88-31-27-81-23-19-72-4/h32-49H,10-31H2,1-9H3,(H2,51,52,53)(H2,54,55,56)(H2,57,58,59)(H2,60,61,62)(H2,63,64,65)(H2,66,67,68)/t32-,33+,34-,35-,36+,37+,38?,39+,40-,41-,42+,43+,44+,45-,46-,47+,48-,49-. The van der Waals surface area contributed by atoms with Crippen LogP contribution in [-0.4, -0.2) is 383 Å². The number of ether oxygens (including phenoxy) is 20. The molecule has 0 bridgehead atoms. The second-order valence-electron chi connectivity index (χ2n) is 21.5. The monoisotopic (exact) mass is 1590 g/mol. The van der Waals surface area contributed by atoms with Gasteiger partial charge in [0.05, 0.1) is 126 Å². The number of methoxy groups -OCH3 is 9. The molecule has 0 radical (unpaired) electrons. The molecular weight excluding hydrogens is 1490 g/mol. The number of phosphoric ester groups is 6. The van der Waals surface area contributed by atoms with E-state index >= 15 is 0 Å². The highest BCUT2D eigenvalue weighted by Gasteiger charge is 2.61. The molecule has 3 rings (SSSR count). The highest BCUT2D eigenvalue weighted by atomic mass is 31.2. The van der Waals surface area contributed by atoms with Gasteiger partial charge in [-0.2, -0.15) is 0 Å². The van der Waals surface area contributed by atoms with E-state index in [1.807, 2.05) is 0 Å². The van der Waals surface area contributed by atoms with Gasteiger partial charge in [0.2, 0.25) is 0 Å². The van der Waals surface area contributed by atoms with Crippen LogP contribution in [0.1, 0.15) is 0 Å². The Labute approximate surface area is 577 Å². The topological polar surface area (TPSA) is 588 Å². The van der Waals surface area contributed by atoms with Crippen molar-refractivity contribution in [3.63, 3.8) is 0 Å². The maximum atomic E-state index is 13.0. The average molecular weight is 1590 g/mol. The first-order valence-corrected chi connectivity index (χ1v) is 39.6. The predicted molar refractivity (Wildman–Crippen MR) is 331 cm³/mol. The summed E-state index contributed by atoms with van der Waals surface area (Å²) in [7, 11) is -22.9. The molecule has 0 aromatic heterocycles. The number of nitrogens with zero attached hydrogens (tertiary/aromatic N) is 1. The zero-order valence-corrected chi connectivity index (χ0v) is 61.9. The molecule has 0 amide bonds. The Kier molecular flexibility index (Phi) is 44.8. The first kappa shape index (κ1) is 94.0. The molecule has 0 spiro atoms. The van der Waals surface area contributed by atoms with Crippen LogP contribution < -0.4 is 0 Å². The van der Waals surface area contributed by atoms with Gasteiger partial charge in [0.25, 0.3) is 0 Å². The molecule has 18 atom stereocenters. The van der Waals surface area contributed by atoms with Crippen LogP contribution in [0.5, 0.6) is 0 Å². The number of phosphoric acid groups is 6. The van der Waals surface area contributed by atoms with Gasteiger partial charge in [-0.15, -0.1) is 0 Å². The molecule has 100 heavy (non-hydrogen) atoms. The summed E-state index contributed by atoms with van der Waals surface area (Å²) in [6.45, 7) is -3.30. The number of hydrogen-bond donors (Lipinski definition) is 12. The van der Waals surface area contributed by atoms with Crippen molar-refractivity contribution in [3.05, 3.63) is 0 Å². The minimum atomic E-state index is -5.79. The molecule has 0 saturated heterocycles. The van der Waals surface area contributed by atoms with Crippen molar-refractivity contribution in [1.29, 1.82) is 0 Å². The quantitative estimate of drug-likeness (QED) is 0.0209. The fraction of sp³-hybridized carbons (Fsp3) is 1.00. The smallest absolute Gasteiger partial charge is 0.382 e. The van der Waals surface area contributed by atoms with Crippen molar-refractivity contribution in [3.8, 4) is 0 Å². The van der Waals surface area contributed by atoms with E-state index in [1.165, 1.54) is 47.6 Å². The van der Waals surface area contributed by atoms with Crippen LogP contribution in [0.15, 0.2) is 0 Å². The van der Waals surface area contributed by atoms with E-state index in [2.05, 4.69) is 0 Å². The summed E-state index contributed by atoms with van der Waals surface area (Å²) in [6, 6.07) is 0. The summed E-state index contributed by atoms with van der Waals surface area (Å²) < 4.78 is 222. The molecule has 51 heteroatoms. The Bertz CT molecular complexity index is 2370. The number of rotatable bonds is 57. The van der Waals surface area contributed by atoms with E-state index in [-0.39, 0.29) is 112 Å². The van der Waals surface area contributed by atoms with Crippen LogP contribution in [0.4, 0.5) is 0 Å². The Morgan fingerprint density at radius 1 is 0.210 bits per heavy atom. The Balaban J connectivity index is 2.29. The van der Waals surface area contributed by atoms with Crippen molar-refractivity contribution in [1.82, 2.24) is 4.90 Å². The van der Waals surface area contributed by atoms with E-state index in [9.17, 15) is 86.1 Å². The third kappa shape index (κ3) is 35.0. The third-order valence-corrected chi connectivity index (χ3v) is 17.9. The zero-order chi connectivity index (χ0) is 74.9. The lowest BCUT2D eigenvalue weighted by Gasteiger charge is -2.49. The van der Waals surface area contributed by atoms with Crippen LogP contribution in [-0.2, 0) is 149 Å². The lowest BCUT2D eigenvalue weighted by atomic mass is 9.84. The third-order valence-electron chi connectivity index (χ3n) is 14.8. The fourth-order valence-electron chi connectivity index (χ4n) is 10.9. The maximum Gasteiger partial charge on any atom is 0.470 e. The van der Waals surface area contributed by atoms with Crippen molar-refractivity contribution in [2.24, 2.45) is 0 Å². The summed E-state index contributed by atoms with van der Waals surface area (Å²) in [5.74, 6) is 0. The van der Waals surface area contributed by atoms with E-state index in [1.54, 1.807) is 0 Å². The van der Waals surface area contributed by atoms with Gasteiger partial charge in [-0.3, -0.25) is 32.0 Å².